The third-order valence-corrected chi connectivity index (χ3v) is 3.85. The second kappa shape index (κ2) is 11.6. The second-order valence-electron chi connectivity index (χ2n) is 5.00. The Kier molecular flexibility index (Phi) is 9.70. The van der Waals surface area contributed by atoms with Gasteiger partial charge in [0.2, 0.25) is 5.91 Å². The number of likely N-dealkylation sites (N-methyl/N-ethyl adjacent to an activating group) is 1. The summed E-state index contributed by atoms with van der Waals surface area (Å²) in [5.74, 6) is 3.41. The third-order valence-electron chi connectivity index (χ3n) is 2.89. The van der Waals surface area contributed by atoms with Crippen molar-refractivity contribution in [3.63, 3.8) is 0 Å². The first-order chi connectivity index (χ1) is 11.1. The highest BCUT2D eigenvalue weighted by atomic mass is 32.2. The average molecular weight is 338 g/mol. The molecule has 1 rings (SSSR count). The Bertz CT molecular complexity index is 486. The van der Waals surface area contributed by atoms with Crippen molar-refractivity contribution in [2.45, 2.75) is 6.42 Å². The van der Waals surface area contributed by atoms with Crippen LogP contribution in [0.2, 0.25) is 0 Å². The SMILES string of the molecule is C=CCSCCNC(=NCC(=O)N(C)C)NCCc1ccco1. The molecule has 1 aromatic rings. The highest BCUT2D eigenvalue weighted by molar-refractivity contribution is 7.99. The fraction of sp³-hybridized carbons (Fsp3) is 0.500. The van der Waals surface area contributed by atoms with Gasteiger partial charge in [0.25, 0.3) is 0 Å². The molecule has 0 unspecified atom stereocenters. The maximum absolute atomic E-state index is 11.7. The van der Waals surface area contributed by atoms with Crippen molar-refractivity contribution in [3.05, 3.63) is 36.8 Å². The van der Waals surface area contributed by atoms with Gasteiger partial charge in [0.05, 0.1) is 6.26 Å². The van der Waals surface area contributed by atoms with E-state index in [0.29, 0.717) is 12.5 Å². The summed E-state index contributed by atoms with van der Waals surface area (Å²) in [5, 5.41) is 6.46. The normalized spacial score (nSPS) is 11.1. The van der Waals surface area contributed by atoms with Crippen molar-refractivity contribution in [1.29, 1.82) is 0 Å². The summed E-state index contributed by atoms with van der Waals surface area (Å²) in [6.07, 6.45) is 4.31. The van der Waals surface area contributed by atoms with Crippen LogP contribution in [0.4, 0.5) is 0 Å². The van der Waals surface area contributed by atoms with E-state index in [1.165, 1.54) is 4.90 Å². The van der Waals surface area contributed by atoms with Crippen molar-refractivity contribution in [1.82, 2.24) is 15.5 Å². The largest absolute Gasteiger partial charge is 0.469 e. The molecule has 128 valence electrons. The minimum Gasteiger partial charge on any atom is -0.469 e. The Labute approximate surface area is 142 Å². The van der Waals surface area contributed by atoms with Gasteiger partial charge in [0.15, 0.2) is 5.96 Å². The maximum Gasteiger partial charge on any atom is 0.243 e. The van der Waals surface area contributed by atoms with Gasteiger partial charge in [-0.25, -0.2) is 4.99 Å². The van der Waals surface area contributed by atoms with Gasteiger partial charge in [-0.2, -0.15) is 11.8 Å². The highest BCUT2D eigenvalue weighted by Gasteiger charge is 2.04. The van der Waals surface area contributed by atoms with E-state index in [9.17, 15) is 4.79 Å². The Morgan fingerprint density at radius 1 is 1.43 bits per heavy atom. The predicted octanol–water partition coefficient (Wildman–Crippen LogP) is 1.36. The number of hydrogen-bond acceptors (Lipinski definition) is 4. The number of amides is 1. The van der Waals surface area contributed by atoms with Gasteiger partial charge in [-0.1, -0.05) is 6.08 Å². The summed E-state index contributed by atoms with van der Waals surface area (Å²) >= 11 is 1.79. The first-order valence-corrected chi connectivity index (χ1v) is 8.72. The lowest BCUT2D eigenvalue weighted by Gasteiger charge is -2.13. The Hall–Kier alpha value is -1.89. The van der Waals surface area contributed by atoms with Gasteiger partial charge < -0.3 is 20.0 Å². The molecule has 1 aromatic heterocycles. The molecule has 0 spiro atoms. The van der Waals surface area contributed by atoms with Crippen LogP contribution in [-0.4, -0.2) is 62.0 Å². The Morgan fingerprint density at radius 2 is 2.22 bits per heavy atom. The van der Waals surface area contributed by atoms with E-state index >= 15 is 0 Å². The molecule has 0 fully saturated rings. The monoisotopic (exact) mass is 338 g/mol. The first-order valence-electron chi connectivity index (χ1n) is 7.57. The lowest BCUT2D eigenvalue weighted by Crippen LogP contribution is -2.40. The van der Waals surface area contributed by atoms with Crippen molar-refractivity contribution < 1.29 is 9.21 Å². The number of carbonyl (C=O) groups is 1. The molecule has 2 N–H and O–H groups in total. The van der Waals surface area contributed by atoms with E-state index in [1.54, 1.807) is 32.1 Å². The van der Waals surface area contributed by atoms with Crippen molar-refractivity contribution in [2.75, 3.05) is 45.2 Å². The number of carbonyl (C=O) groups excluding carboxylic acids is 1. The van der Waals surface area contributed by atoms with E-state index in [2.05, 4.69) is 22.2 Å². The summed E-state index contributed by atoms with van der Waals surface area (Å²) in [4.78, 5) is 17.5. The van der Waals surface area contributed by atoms with Crippen molar-refractivity contribution in [2.24, 2.45) is 4.99 Å². The number of guanidine groups is 1. The van der Waals surface area contributed by atoms with Crippen LogP contribution in [0.3, 0.4) is 0 Å². The molecule has 1 amide bonds. The molecule has 23 heavy (non-hydrogen) atoms. The lowest BCUT2D eigenvalue weighted by molar-refractivity contribution is -0.127. The maximum atomic E-state index is 11.7. The topological polar surface area (TPSA) is 69.9 Å². The molecule has 0 aromatic carbocycles. The van der Waals surface area contributed by atoms with E-state index in [0.717, 1.165) is 30.2 Å². The number of furan rings is 1. The number of nitrogens with one attached hydrogen (secondary N) is 2. The Balaban J connectivity index is 2.40. The fourth-order valence-electron chi connectivity index (χ4n) is 1.63. The van der Waals surface area contributed by atoms with Gasteiger partial charge in [-0.15, -0.1) is 6.58 Å². The minimum atomic E-state index is -0.0295. The molecule has 7 heteroatoms. The highest BCUT2D eigenvalue weighted by Crippen LogP contribution is 1.99. The molecule has 0 saturated heterocycles. The van der Waals surface area contributed by atoms with Crippen LogP contribution in [-0.2, 0) is 11.2 Å². The zero-order valence-electron chi connectivity index (χ0n) is 13.9. The average Bonchev–Trinajstić information content (AvgIpc) is 3.04. The van der Waals surface area contributed by atoms with Crippen LogP contribution < -0.4 is 10.6 Å². The molecule has 1 heterocycles. The summed E-state index contributed by atoms with van der Waals surface area (Å²) in [6, 6.07) is 3.81. The summed E-state index contributed by atoms with van der Waals surface area (Å²) in [6.45, 7) is 5.29. The van der Waals surface area contributed by atoms with E-state index < -0.39 is 0 Å². The second-order valence-corrected chi connectivity index (χ2v) is 6.15. The standard InChI is InChI=1S/C16H26N4O2S/c1-4-11-23-12-9-18-16(19-13-15(21)20(2)3)17-8-7-14-6-5-10-22-14/h4-6,10H,1,7-9,11-13H2,2-3H3,(H2,17,18,19). The third kappa shape index (κ3) is 8.97. The predicted molar refractivity (Wildman–Crippen MR) is 96.9 cm³/mol. The minimum absolute atomic E-state index is 0.0295. The number of nitrogens with zero attached hydrogens (tertiary/aromatic N) is 2. The fourth-order valence-corrected chi connectivity index (χ4v) is 2.21. The van der Waals surface area contributed by atoms with Crippen LogP contribution in [0.5, 0.6) is 0 Å². The van der Waals surface area contributed by atoms with Gasteiger partial charge in [-0.05, 0) is 12.1 Å². The number of rotatable bonds is 10. The molecule has 0 bridgehead atoms. The number of aliphatic imine (C=N–C) groups is 1. The van der Waals surface area contributed by atoms with Gasteiger partial charge in [0.1, 0.15) is 12.3 Å². The Morgan fingerprint density at radius 3 is 2.87 bits per heavy atom. The zero-order valence-corrected chi connectivity index (χ0v) is 14.7. The summed E-state index contributed by atoms with van der Waals surface area (Å²) in [5.41, 5.74) is 0. The zero-order chi connectivity index (χ0) is 16.9. The van der Waals surface area contributed by atoms with Crippen molar-refractivity contribution in [3.8, 4) is 0 Å². The van der Waals surface area contributed by atoms with Gasteiger partial charge in [-0.3, -0.25) is 4.79 Å². The van der Waals surface area contributed by atoms with Gasteiger partial charge in [0, 0.05) is 45.1 Å². The smallest absolute Gasteiger partial charge is 0.243 e. The number of thioether (sulfide) groups is 1. The molecule has 0 aliphatic heterocycles. The molecule has 0 atom stereocenters. The quantitative estimate of drug-likeness (QED) is 0.292. The summed E-state index contributed by atoms with van der Waals surface area (Å²) < 4.78 is 5.30. The number of hydrogen-bond donors (Lipinski definition) is 2. The van der Waals surface area contributed by atoms with E-state index in [4.69, 9.17) is 4.42 Å². The first kappa shape index (κ1) is 19.2. The van der Waals surface area contributed by atoms with Crippen LogP contribution in [0.15, 0.2) is 40.5 Å². The molecular weight excluding hydrogens is 312 g/mol. The molecule has 0 radical (unpaired) electrons. The molecular formula is C16H26N4O2S. The van der Waals surface area contributed by atoms with Crippen LogP contribution in [0.1, 0.15) is 5.76 Å². The van der Waals surface area contributed by atoms with Crippen LogP contribution >= 0.6 is 11.8 Å². The van der Waals surface area contributed by atoms with Crippen molar-refractivity contribution >= 4 is 23.6 Å². The van der Waals surface area contributed by atoms with Crippen LogP contribution in [0, 0.1) is 0 Å². The molecule has 0 aliphatic carbocycles. The molecule has 0 saturated carbocycles. The summed E-state index contributed by atoms with van der Waals surface area (Å²) in [7, 11) is 3.45. The lowest BCUT2D eigenvalue weighted by atomic mass is 10.3. The van der Waals surface area contributed by atoms with Gasteiger partial charge >= 0.3 is 0 Å². The van der Waals surface area contributed by atoms with E-state index in [1.807, 2.05) is 18.2 Å². The van der Waals surface area contributed by atoms with E-state index in [-0.39, 0.29) is 12.5 Å². The molecule has 0 aliphatic rings. The van der Waals surface area contributed by atoms with Crippen LogP contribution in [0.25, 0.3) is 0 Å². The molecule has 6 nitrogen and oxygen atoms in total.